The predicted octanol–water partition coefficient (Wildman–Crippen LogP) is 4.11. The molecule has 0 amide bonds. The number of ether oxygens (including phenoxy) is 1. The van der Waals surface area contributed by atoms with Gasteiger partial charge in [-0.05, 0) is 48.1 Å². The molecule has 0 radical (unpaired) electrons. The van der Waals surface area contributed by atoms with Crippen LogP contribution in [0.1, 0.15) is 27.7 Å². The Bertz CT molecular complexity index is 563. The van der Waals surface area contributed by atoms with Crippen LogP contribution in [0.2, 0.25) is 5.02 Å². The van der Waals surface area contributed by atoms with Gasteiger partial charge in [-0.15, -0.1) is 11.3 Å². The van der Waals surface area contributed by atoms with Gasteiger partial charge in [0.25, 0.3) is 0 Å². The van der Waals surface area contributed by atoms with Crippen LogP contribution in [-0.4, -0.2) is 12.2 Å². The molecule has 0 saturated heterocycles. The molecule has 2 nitrogen and oxygen atoms in total. The fourth-order valence-electron chi connectivity index (χ4n) is 1.86. The first-order valence-electron chi connectivity index (χ1n) is 5.60. The van der Waals surface area contributed by atoms with E-state index in [1.807, 2.05) is 37.4 Å². The molecule has 0 aliphatic heterocycles. The summed E-state index contributed by atoms with van der Waals surface area (Å²) in [4.78, 5) is 0.794. The number of hydrogen-bond acceptors (Lipinski definition) is 3. The molecule has 1 N–H and O–H groups in total. The molecule has 1 unspecified atom stereocenters. The highest BCUT2D eigenvalue weighted by Crippen LogP contribution is 2.37. The summed E-state index contributed by atoms with van der Waals surface area (Å²) in [5.74, 6) is 0.789. The van der Waals surface area contributed by atoms with Gasteiger partial charge in [-0.2, -0.15) is 0 Å². The van der Waals surface area contributed by atoms with Gasteiger partial charge in [0.1, 0.15) is 11.9 Å². The van der Waals surface area contributed by atoms with E-state index in [-0.39, 0.29) is 0 Å². The number of thiophene rings is 1. The number of aryl methyl sites for hydroxylation is 2. The molecule has 1 atom stereocenters. The number of halogens is 1. The van der Waals surface area contributed by atoms with Crippen molar-refractivity contribution in [1.82, 2.24) is 0 Å². The Morgan fingerprint density at radius 1 is 1.28 bits per heavy atom. The zero-order valence-electron chi connectivity index (χ0n) is 10.5. The summed E-state index contributed by atoms with van der Waals surface area (Å²) in [6.07, 6.45) is -0.679. The maximum atomic E-state index is 10.4. The number of aliphatic hydroxyl groups is 1. The second kappa shape index (κ2) is 5.31. The van der Waals surface area contributed by atoms with Gasteiger partial charge in [-0.3, -0.25) is 0 Å². The molecule has 0 fully saturated rings. The smallest absolute Gasteiger partial charge is 0.119 e. The topological polar surface area (TPSA) is 29.5 Å². The number of rotatable bonds is 3. The highest BCUT2D eigenvalue weighted by molar-refractivity contribution is 7.10. The normalized spacial score (nSPS) is 12.5. The van der Waals surface area contributed by atoms with Crippen molar-refractivity contribution < 1.29 is 9.84 Å². The number of benzene rings is 1. The van der Waals surface area contributed by atoms with E-state index in [1.54, 1.807) is 7.11 Å². The van der Waals surface area contributed by atoms with E-state index in [9.17, 15) is 5.11 Å². The lowest BCUT2D eigenvalue weighted by Crippen LogP contribution is -2.01. The zero-order valence-corrected chi connectivity index (χ0v) is 12.1. The first kappa shape index (κ1) is 13.4. The SMILES string of the molecule is COc1ccc(C(O)c2scc(C)c2Cl)c(C)c1. The molecule has 18 heavy (non-hydrogen) atoms. The van der Waals surface area contributed by atoms with Crippen LogP contribution >= 0.6 is 22.9 Å². The first-order valence-corrected chi connectivity index (χ1v) is 6.86. The van der Waals surface area contributed by atoms with Crippen LogP contribution in [-0.2, 0) is 0 Å². The molecular weight excluding hydrogens is 268 g/mol. The molecule has 0 bridgehead atoms. The van der Waals surface area contributed by atoms with Crippen molar-refractivity contribution in [2.45, 2.75) is 20.0 Å². The molecule has 1 aromatic heterocycles. The minimum atomic E-state index is -0.679. The van der Waals surface area contributed by atoms with Gasteiger partial charge in [-0.25, -0.2) is 0 Å². The second-order valence-electron chi connectivity index (χ2n) is 4.22. The minimum Gasteiger partial charge on any atom is -0.497 e. The third-order valence-corrected chi connectivity index (χ3v) is 4.71. The van der Waals surface area contributed by atoms with E-state index in [4.69, 9.17) is 16.3 Å². The van der Waals surface area contributed by atoms with E-state index >= 15 is 0 Å². The fourth-order valence-corrected chi connectivity index (χ4v) is 3.16. The van der Waals surface area contributed by atoms with Gasteiger partial charge in [0.2, 0.25) is 0 Å². The molecule has 0 spiro atoms. The molecule has 96 valence electrons. The van der Waals surface area contributed by atoms with Crippen LogP contribution in [0.5, 0.6) is 5.75 Å². The standard InChI is InChI=1S/C14H15ClO2S/c1-8-6-10(17-3)4-5-11(8)13(16)14-12(15)9(2)7-18-14/h4-7,13,16H,1-3H3. The highest BCUT2D eigenvalue weighted by atomic mass is 35.5. The quantitative estimate of drug-likeness (QED) is 0.918. The van der Waals surface area contributed by atoms with Gasteiger partial charge in [0.05, 0.1) is 17.0 Å². The van der Waals surface area contributed by atoms with Gasteiger partial charge in [0.15, 0.2) is 0 Å². The molecule has 0 aliphatic carbocycles. The molecular formula is C14H15ClO2S. The molecule has 1 aromatic carbocycles. The van der Waals surface area contributed by atoms with E-state index in [1.165, 1.54) is 11.3 Å². The summed E-state index contributed by atoms with van der Waals surface area (Å²) in [6, 6.07) is 5.64. The average Bonchev–Trinajstić information content (AvgIpc) is 2.69. The molecule has 2 rings (SSSR count). The third-order valence-electron chi connectivity index (χ3n) is 2.95. The van der Waals surface area contributed by atoms with Gasteiger partial charge < -0.3 is 9.84 Å². The molecule has 2 aromatic rings. The molecule has 0 saturated carbocycles. The number of methoxy groups -OCH3 is 1. The van der Waals surface area contributed by atoms with Crippen molar-refractivity contribution in [2.75, 3.05) is 7.11 Å². The predicted molar refractivity (Wildman–Crippen MR) is 75.9 cm³/mol. The third kappa shape index (κ3) is 2.39. The van der Waals surface area contributed by atoms with E-state index in [0.29, 0.717) is 5.02 Å². The van der Waals surface area contributed by atoms with Crippen molar-refractivity contribution in [3.05, 3.63) is 50.2 Å². The van der Waals surface area contributed by atoms with Crippen molar-refractivity contribution in [2.24, 2.45) is 0 Å². The monoisotopic (exact) mass is 282 g/mol. The first-order chi connectivity index (χ1) is 8.54. The van der Waals surface area contributed by atoms with Crippen molar-refractivity contribution in [3.63, 3.8) is 0 Å². The van der Waals surface area contributed by atoms with Crippen molar-refractivity contribution in [1.29, 1.82) is 0 Å². The van der Waals surface area contributed by atoms with Gasteiger partial charge in [0, 0.05) is 0 Å². The highest BCUT2D eigenvalue weighted by Gasteiger charge is 2.19. The Balaban J connectivity index is 2.40. The summed E-state index contributed by atoms with van der Waals surface area (Å²) < 4.78 is 5.16. The fraction of sp³-hybridized carbons (Fsp3) is 0.286. The Morgan fingerprint density at radius 2 is 2.00 bits per heavy atom. The van der Waals surface area contributed by atoms with Crippen LogP contribution in [0.3, 0.4) is 0 Å². The molecule has 0 aliphatic rings. The second-order valence-corrected chi connectivity index (χ2v) is 5.51. The summed E-state index contributed by atoms with van der Waals surface area (Å²) in [6.45, 7) is 3.89. The summed E-state index contributed by atoms with van der Waals surface area (Å²) in [5, 5.41) is 13.0. The summed E-state index contributed by atoms with van der Waals surface area (Å²) in [5.41, 5.74) is 2.85. The van der Waals surface area contributed by atoms with Gasteiger partial charge in [-0.1, -0.05) is 17.7 Å². The Kier molecular flexibility index (Phi) is 3.95. The average molecular weight is 283 g/mol. The lowest BCUT2D eigenvalue weighted by atomic mass is 10.0. The minimum absolute atomic E-state index is 0.655. The van der Waals surface area contributed by atoms with Crippen LogP contribution in [0.15, 0.2) is 23.6 Å². The molecule has 1 heterocycles. The Morgan fingerprint density at radius 3 is 2.50 bits per heavy atom. The van der Waals surface area contributed by atoms with E-state index in [2.05, 4.69) is 0 Å². The van der Waals surface area contributed by atoms with E-state index in [0.717, 1.165) is 27.3 Å². The lowest BCUT2D eigenvalue weighted by molar-refractivity contribution is 0.223. The maximum absolute atomic E-state index is 10.4. The van der Waals surface area contributed by atoms with Crippen molar-refractivity contribution >= 4 is 22.9 Å². The van der Waals surface area contributed by atoms with Crippen molar-refractivity contribution in [3.8, 4) is 5.75 Å². The van der Waals surface area contributed by atoms with Crippen LogP contribution in [0, 0.1) is 13.8 Å². The summed E-state index contributed by atoms with van der Waals surface area (Å²) in [7, 11) is 1.63. The Hall–Kier alpha value is -1.03. The van der Waals surface area contributed by atoms with E-state index < -0.39 is 6.10 Å². The number of aliphatic hydroxyl groups excluding tert-OH is 1. The summed E-state index contributed by atoms with van der Waals surface area (Å²) >= 11 is 7.67. The van der Waals surface area contributed by atoms with Crippen LogP contribution in [0.4, 0.5) is 0 Å². The maximum Gasteiger partial charge on any atom is 0.119 e. The van der Waals surface area contributed by atoms with Crippen LogP contribution in [0.25, 0.3) is 0 Å². The molecule has 4 heteroatoms. The largest absolute Gasteiger partial charge is 0.497 e. The number of hydrogen-bond donors (Lipinski definition) is 1. The van der Waals surface area contributed by atoms with Gasteiger partial charge >= 0.3 is 0 Å². The van der Waals surface area contributed by atoms with Crippen LogP contribution < -0.4 is 4.74 Å². The lowest BCUT2D eigenvalue weighted by Gasteiger charge is -2.14. The Labute approximate surface area is 116 Å². The zero-order chi connectivity index (χ0) is 13.3.